The second-order valence-corrected chi connectivity index (χ2v) is 8.29. The number of hydrogen-bond donors (Lipinski definition) is 1. The molecular weight excluding hydrogens is 298 g/mol. The molecule has 6 atom stereocenters. The average molecular weight is 318 g/mol. The molecule has 0 aliphatic heterocycles. The molecule has 4 nitrogen and oxygen atoms in total. The maximum absolute atomic E-state index is 11.3. The van der Waals surface area contributed by atoms with Gasteiger partial charge >= 0.3 is 0 Å². The molecule has 1 aromatic rings. The lowest BCUT2D eigenvalue weighted by Crippen LogP contribution is -2.63. The van der Waals surface area contributed by atoms with E-state index in [2.05, 4.69) is 10.0 Å². The molecule has 4 bridgehead atoms. The molecule has 0 radical (unpaired) electrons. The third-order valence-electron chi connectivity index (χ3n) is 5.97. The Morgan fingerprint density at radius 1 is 1.27 bits per heavy atom. The molecule has 0 saturated heterocycles. The van der Waals surface area contributed by atoms with Crippen molar-refractivity contribution < 1.29 is 5.11 Å². The molecule has 22 heavy (non-hydrogen) atoms. The summed E-state index contributed by atoms with van der Waals surface area (Å²) in [4.78, 5) is 2.83. The van der Waals surface area contributed by atoms with Gasteiger partial charge in [-0.3, -0.25) is 0 Å². The van der Waals surface area contributed by atoms with Crippen LogP contribution in [0.25, 0.3) is 10.4 Å². The van der Waals surface area contributed by atoms with Crippen LogP contribution in [-0.2, 0) is 0 Å². The van der Waals surface area contributed by atoms with Crippen LogP contribution in [-0.4, -0.2) is 15.6 Å². The molecular formula is C17H20ClN3O. The average Bonchev–Trinajstić information content (AvgIpc) is 2.44. The zero-order chi connectivity index (χ0) is 15.4. The zero-order valence-corrected chi connectivity index (χ0v) is 13.2. The van der Waals surface area contributed by atoms with Gasteiger partial charge in [0.15, 0.2) is 0 Å². The van der Waals surface area contributed by atoms with E-state index >= 15 is 0 Å². The monoisotopic (exact) mass is 317 g/mol. The molecule has 5 rings (SSSR count). The summed E-state index contributed by atoms with van der Waals surface area (Å²) in [7, 11) is 0. The van der Waals surface area contributed by atoms with Crippen molar-refractivity contribution in [1.29, 1.82) is 0 Å². The summed E-state index contributed by atoms with van der Waals surface area (Å²) in [6.45, 7) is 0. The third kappa shape index (κ3) is 2.13. The van der Waals surface area contributed by atoms with Crippen LogP contribution in [0.2, 0.25) is 0 Å². The van der Waals surface area contributed by atoms with E-state index in [4.69, 9.17) is 17.1 Å². The predicted octanol–water partition coefficient (Wildman–Crippen LogP) is 4.59. The minimum Gasteiger partial charge on any atom is -0.389 e. The van der Waals surface area contributed by atoms with Gasteiger partial charge < -0.3 is 5.11 Å². The lowest BCUT2D eigenvalue weighted by atomic mass is 9.47. The van der Waals surface area contributed by atoms with E-state index < -0.39 is 5.60 Å². The van der Waals surface area contributed by atoms with E-state index in [0.29, 0.717) is 18.3 Å². The van der Waals surface area contributed by atoms with Gasteiger partial charge in [0.25, 0.3) is 0 Å². The van der Waals surface area contributed by atoms with E-state index in [1.807, 2.05) is 30.3 Å². The zero-order valence-electron chi connectivity index (χ0n) is 12.4. The van der Waals surface area contributed by atoms with Crippen LogP contribution in [0.5, 0.6) is 0 Å². The first-order valence-corrected chi connectivity index (χ1v) is 8.41. The quantitative estimate of drug-likeness (QED) is 0.377. The Bertz CT molecular complexity index is 632. The molecule has 0 amide bonds. The highest BCUT2D eigenvalue weighted by atomic mass is 35.5. The highest BCUT2D eigenvalue weighted by molar-refractivity contribution is 6.24. The van der Waals surface area contributed by atoms with Gasteiger partial charge in [0.05, 0.1) is 11.6 Å². The normalized spacial score (nSPS) is 43.6. The van der Waals surface area contributed by atoms with Crippen molar-refractivity contribution in [3.8, 4) is 0 Å². The highest BCUT2D eigenvalue weighted by Gasteiger charge is 2.63. The van der Waals surface area contributed by atoms with Crippen molar-refractivity contribution >= 4 is 11.6 Å². The van der Waals surface area contributed by atoms with E-state index in [-0.39, 0.29) is 16.8 Å². The Labute approximate surface area is 135 Å². The summed E-state index contributed by atoms with van der Waals surface area (Å²) < 4.78 is 0. The van der Waals surface area contributed by atoms with Crippen LogP contribution in [0.1, 0.15) is 43.7 Å². The first-order valence-electron chi connectivity index (χ1n) is 8.03. The van der Waals surface area contributed by atoms with Crippen LogP contribution in [0.3, 0.4) is 0 Å². The van der Waals surface area contributed by atoms with E-state index in [0.717, 1.165) is 31.2 Å². The predicted molar refractivity (Wildman–Crippen MR) is 85.4 cm³/mol. The number of alkyl halides is 1. The number of benzene rings is 1. The molecule has 4 fully saturated rings. The smallest absolute Gasteiger partial charge is 0.0705 e. The molecule has 0 spiro atoms. The number of aliphatic hydroxyl groups is 1. The lowest BCUT2D eigenvalue weighted by molar-refractivity contribution is -0.170. The summed E-state index contributed by atoms with van der Waals surface area (Å²) in [5.41, 5.74) is 9.24. The van der Waals surface area contributed by atoms with Crippen molar-refractivity contribution in [1.82, 2.24) is 0 Å². The van der Waals surface area contributed by atoms with Crippen molar-refractivity contribution in [2.45, 2.75) is 48.6 Å². The van der Waals surface area contributed by atoms with Crippen LogP contribution < -0.4 is 0 Å². The first kappa shape index (κ1) is 14.4. The molecule has 1 unspecified atom stereocenters. The van der Waals surface area contributed by atoms with Crippen LogP contribution >= 0.6 is 11.6 Å². The van der Waals surface area contributed by atoms with E-state index in [1.165, 1.54) is 0 Å². The third-order valence-corrected chi connectivity index (χ3v) is 6.41. The van der Waals surface area contributed by atoms with Crippen molar-refractivity contribution in [3.63, 3.8) is 0 Å². The fourth-order valence-corrected chi connectivity index (χ4v) is 6.30. The summed E-state index contributed by atoms with van der Waals surface area (Å²) in [5, 5.41) is 15.4. The molecule has 4 saturated carbocycles. The van der Waals surface area contributed by atoms with Gasteiger partial charge in [0.2, 0.25) is 0 Å². The topological polar surface area (TPSA) is 69.0 Å². The minimum absolute atomic E-state index is 0.0192. The van der Waals surface area contributed by atoms with Gasteiger partial charge in [-0.2, -0.15) is 0 Å². The van der Waals surface area contributed by atoms with Gasteiger partial charge in [0, 0.05) is 15.7 Å². The molecule has 1 aromatic carbocycles. The van der Waals surface area contributed by atoms with Gasteiger partial charge in [-0.25, -0.2) is 0 Å². The Morgan fingerprint density at radius 2 is 2.05 bits per heavy atom. The summed E-state index contributed by atoms with van der Waals surface area (Å²) in [6, 6.07) is 9.54. The maximum atomic E-state index is 11.3. The Morgan fingerprint density at radius 3 is 2.68 bits per heavy atom. The largest absolute Gasteiger partial charge is 0.389 e. The Hall–Kier alpha value is -1.22. The van der Waals surface area contributed by atoms with Gasteiger partial charge in [-0.15, -0.1) is 11.6 Å². The van der Waals surface area contributed by atoms with Crippen LogP contribution in [0.15, 0.2) is 35.4 Å². The second kappa shape index (κ2) is 4.89. The van der Waals surface area contributed by atoms with Crippen LogP contribution in [0.4, 0.5) is 0 Å². The second-order valence-electron chi connectivity index (χ2n) is 7.49. The minimum atomic E-state index is -0.791. The van der Waals surface area contributed by atoms with Crippen LogP contribution in [0, 0.1) is 17.8 Å². The fourth-order valence-electron chi connectivity index (χ4n) is 5.66. The van der Waals surface area contributed by atoms with Gasteiger partial charge in [-0.1, -0.05) is 35.4 Å². The standard InChI is InChI=1S/C17H20ClN3O/c18-16-7-11-6-13(9-16)14(17(22,8-11)10-16)15(20-21-19)12-4-2-1-3-5-12/h1-5,11,13-15,22H,6-10H2/t11-,13+,14-,15?,16+,17+/m0/s1. The molecule has 4 aliphatic rings. The van der Waals surface area contributed by atoms with E-state index in [9.17, 15) is 5.11 Å². The fraction of sp³-hybridized carbons (Fsp3) is 0.647. The number of azide groups is 1. The molecule has 0 aromatic heterocycles. The number of halogens is 1. The Kier molecular flexibility index (Phi) is 3.19. The van der Waals surface area contributed by atoms with Gasteiger partial charge in [-0.05, 0) is 55.0 Å². The maximum Gasteiger partial charge on any atom is 0.0705 e. The van der Waals surface area contributed by atoms with E-state index in [1.54, 1.807) is 0 Å². The molecule has 4 aliphatic carbocycles. The molecule has 0 heterocycles. The summed E-state index contributed by atoms with van der Waals surface area (Å²) in [5.74, 6) is 0.849. The number of nitrogens with zero attached hydrogens (tertiary/aromatic N) is 3. The molecule has 5 heteroatoms. The molecule has 1 N–H and O–H groups in total. The lowest BCUT2D eigenvalue weighted by Gasteiger charge is -2.63. The first-order chi connectivity index (χ1) is 10.5. The van der Waals surface area contributed by atoms with Crippen molar-refractivity contribution in [2.24, 2.45) is 22.9 Å². The number of hydrogen-bond acceptors (Lipinski definition) is 2. The molecule has 116 valence electrons. The summed E-state index contributed by atoms with van der Waals surface area (Å²) in [6.07, 6.45) is 4.49. The summed E-state index contributed by atoms with van der Waals surface area (Å²) >= 11 is 6.75. The van der Waals surface area contributed by atoms with Crippen molar-refractivity contribution in [3.05, 3.63) is 46.3 Å². The highest BCUT2D eigenvalue weighted by Crippen LogP contribution is 2.65. The number of rotatable bonds is 3. The van der Waals surface area contributed by atoms with Gasteiger partial charge in [0.1, 0.15) is 0 Å². The SMILES string of the molecule is [N-]=[N+]=NC(c1ccccc1)[C@@H]1[C@@H]2C[C@H]3C[C@@](Cl)(C2)C[C@]1(O)C3. The Balaban J connectivity index is 1.76. The van der Waals surface area contributed by atoms with Crippen molar-refractivity contribution in [2.75, 3.05) is 0 Å².